The van der Waals surface area contributed by atoms with Crippen LogP contribution in [0.15, 0.2) is 17.2 Å². The molecule has 0 aliphatic rings. The summed E-state index contributed by atoms with van der Waals surface area (Å²) in [5.41, 5.74) is 0.609. The van der Waals surface area contributed by atoms with Gasteiger partial charge in [-0.15, -0.1) is 0 Å². The van der Waals surface area contributed by atoms with E-state index in [4.69, 9.17) is 0 Å². The molecule has 0 unspecified atom stereocenters. The van der Waals surface area contributed by atoms with Gasteiger partial charge in [0.05, 0.1) is 6.33 Å². The second-order valence-corrected chi connectivity index (χ2v) is 3.95. The van der Waals surface area contributed by atoms with Gasteiger partial charge in [0, 0.05) is 18.3 Å². The highest BCUT2D eigenvalue weighted by Crippen LogP contribution is 1.94. The minimum absolute atomic E-state index is 0.0399. The van der Waals surface area contributed by atoms with Crippen LogP contribution >= 0.6 is 0 Å². The van der Waals surface area contributed by atoms with Gasteiger partial charge in [-0.1, -0.05) is 20.3 Å². The molecule has 1 amide bonds. The summed E-state index contributed by atoms with van der Waals surface area (Å²) >= 11 is 0. The summed E-state index contributed by atoms with van der Waals surface area (Å²) in [7, 11) is 0. The van der Waals surface area contributed by atoms with Crippen molar-refractivity contribution in [2.45, 2.75) is 39.7 Å². The molecule has 0 atom stereocenters. The Morgan fingerprint density at radius 1 is 1.41 bits per heavy atom. The molecule has 0 aliphatic heterocycles. The fourth-order valence-corrected chi connectivity index (χ4v) is 1.45. The number of aryl methyl sites for hydroxylation is 1. The standard InChI is InChI=1S/C12H19N3O2/c1-3-5-10-7-12(17)15(9-14-10)8-11(16)13-6-4-2/h7,9H,3-6,8H2,1-2H3,(H,13,16). The molecule has 0 aromatic carbocycles. The highest BCUT2D eigenvalue weighted by Gasteiger charge is 2.04. The highest BCUT2D eigenvalue weighted by molar-refractivity contribution is 5.75. The molecule has 0 bridgehead atoms. The van der Waals surface area contributed by atoms with Crippen LogP contribution in [0.1, 0.15) is 32.4 Å². The van der Waals surface area contributed by atoms with Crippen LogP contribution in [-0.2, 0) is 17.8 Å². The Morgan fingerprint density at radius 3 is 2.76 bits per heavy atom. The summed E-state index contributed by atoms with van der Waals surface area (Å²) in [6.07, 6.45) is 4.07. The topological polar surface area (TPSA) is 64.0 Å². The fourth-order valence-electron chi connectivity index (χ4n) is 1.45. The third-order valence-electron chi connectivity index (χ3n) is 2.33. The van der Waals surface area contributed by atoms with Crippen molar-refractivity contribution < 1.29 is 4.79 Å². The Balaban J connectivity index is 2.66. The van der Waals surface area contributed by atoms with E-state index in [1.165, 1.54) is 17.0 Å². The Morgan fingerprint density at radius 2 is 2.18 bits per heavy atom. The minimum Gasteiger partial charge on any atom is -0.355 e. The van der Waals surface area contributed by atoms with Crippen LogP contribution in [0.4, 0.5) is 0 Å². The number of hydrogen-bond acceptors (Lipinski definition) is 3. The van der Waals surface area contributed by atoms with Gasteiger partial charge in [-0.05, 0) is 12.8 Å². The zero-order valence-corrected chi connectivity index (χ0v) is 10.4. The smallest absolute Gasteiger partial charge is 0.253 e. The lowest BCUT2D eigenvalue weighted by Crippen LogP contribution is -2.32. The predicted molar refractivity (Wildman–Crippen MR) is 65.8 cm³/mol. The molecule has 5 nitrogen and oxygen atoms in total. The van der Waals surface area contributed by atoms with Gasteiger partial charge in [0.2, 0.25) is 5.91 Å². The molecular weight excluding hydrogens is 218 g/mol. The summed E-state index contributed by atoms with van der Waals surface area (Å²) in [5, 5.41) is 2.72. The maximum atomic E-state index is 11.7. The largest absolute Gasteiger partial charge is 0.355 e. The number of rotatable bonds is 6. The summed E-state index contributed by atoms with van der Waals surface area (Å²) in [6.45, 7) is 4.69. The highest BCUT2D eigenvalue weighted by atomic mass is 16.2. The Hall–Kier alpha value is -1.65. The van der Waals surface area contributed by atoms with Gasteiger partial charge in [0.15, 0.2) is 0 Å². The van der Waals surface area contributed by atoms with Crippen LogP contribution in [-0.4, -0.2) is 22.0 Å². The fraction of sp³-hybridized carbons (Fsp3) is 0.583. The maximum Gasteiger partial charge on any atom is 0.253 e. The molecule has 1 rings (SSSR count). The van der Waals surface area contributed by atoms with Crippen molar-refractivity contribution in [1.82, 2.24) is 14.9 Å². The van der Waals surface area contributed by atoms with E-state index >= 15 is 0 Å². The number of nitrogens with zero attached hydrogens (tertiary/aromatic N) is 2. The van der Waals surface area contributed by atoms with Crippen molar-refractivity contribution in [3.8, 4) is 0 Å². The van der Waals surface area contributed by atoms with Crippen LogP contribution in [0.2, 0.25) is 0 Å². The van der Waals surface area contributed by atoms with Gasteiger partial charge in [-0.3, -0.25) is 14.2 Å². The van der Waals surface area contributed by atoms with Crippen LogP contribution < -0.4 is 10.9 Å². The zero-order valence-electron chi connectivity index (χ0n) is 10.4. The van der Waals surface area contributed by atoms with Gasteiger partial charge in [-0.2, -0.15) is 0 Å². The van der Waals surface area contributed by atoms with E-state index in [2.05, 4.69) is 10.3 Å². The van der Waals surface area contributed by atoms with E-state index in [1.807, 2.05) is 13.8 Å². The second-order valence-electron chi connectivity index (χ2n) is 3.95. The van der Waals surface area contributed by atoms with Gasteiger partial charge < -0.3 is 5.32 Å². The molecule has 5 heteroatoms. The van der Waals surface area contributed by atoms with E-state index in [9.17, 15) is 9.59 Å². The average molecular weight is 237 g/mol. The quantitative estimate of drug-likeness (QED) is 0.793. The molecule has 0 spiro atoms. The third kappa shape index (κ3) is 4.38. The zero-order chi connectivity index (χ0) is 12.7. The molecule has 1 heterocycles. The van der Waals surface area contributed by atoms with E-state index in [0.29, 0.717) is 6.54 Å². The van der Waals surface area contributed by atoms with Crippen molar-refractivity contribution >= 4 is 5.91 Å². The van der Waals surface area contributed by atoms with Crippen LogP contribution in [0.3, 0.4) is 0 Å². The van der Waals surface area contributed by atoms with Crippen molar-refractivity contribution in [1.29, 1.82) is 0 Å². The molecule has 0 fully saturated rings. The van der Waals surface area contributed by atoms with Crippen LogP contribution in [0.25, 0.3) is 0 Å². The molecule has 1 aromatic heterocycles. The van der Waals surface area contributed by atoms with E-state index in [-0.39, 0.29) is 18.0 Å². The van der Waals surface area contributed by atoms with E-state index in [0.717, 1.165) is 25.0 Å². The second kappa shape index (κ2) is 6.83. The Kier molecular flexibility index (Phi) is 5.39. The van der Waals surface area contributed by atoms with Gasteiger partial charge >= 0.3 is 0 Å². The molecule has 94 valence electrons. The molecule has 0 aliphatic carbocycles. The number of hydrogen-bond donors (Lipinski definition) is 1. The number of aromatic nitrogens is 2. The maximum absolute atomic E-state index is 11.7. The van der Waals surface area contributed by atoms with Crippen LogP contribution in [0, 0.1) is 0 Å². The number of nitrogens with one attached hydrogen (secondary N) is 1. The number of amides is 1. The average Bonchev–Trinajstić information content (AvgIpc) is 2.30. The molecule has 1 aromatic rings. The van der Waals surface area contributed by atoms with Gasteiger partial charge in [-0.25, -0.2) is 4.98 Å². The van der Waals surface area contributed by atoms with Crippen molar-refractivity contribution in [2.24, 2.45) is 0 Å². The lowest BCUT2D eigenvalue weighted by molar-refractivity contribution is -0.121. The molecule has 1 N–H and O–H groups in total. The SMILES string of the molecule is CCCNC(=O)Cn1cnc(CCC)cc1=O. The van der Waals surface area contributed by atoms with E-state index < -0.39 is 0 Å². The molecule has 17 heavy (non-hydrogen) atoms. The van der Waals surface area contributed by atoms with Gasteiger partial charge in [0.1, 0.15) is 6.54 Å². The van der Waals surface area contributed by atoms with Crippen LogP contribution in [0.5, 0.6) is 0 Å². The summed E-state index contributed by atoms with van der Waals surface area (Å²) in [4.78, 5) is 27.2. The Labute approximate surface area is 101 Å². The van der Waals surface area contributed by atoms with Crippen molar-refractivity contribution in [3.63, 3.8) is 0 Å². The first-order chi connectivity index (χ1) is 8.17. The molecule has 0 radical (unpaired) electrons. The normalized spacial score (nSPS) is 10.2. The van der Waals surface area contributed by atoms with E-state index in [1.54, 1.807) is 0 Å². The first kappa shape index (κ1) is 13.4. The molecule has 0 saturated heterocycles. The summed E-state index contributed by atoms with van der Waals surface area (Å²) < 4.78 is 1.32. The first-order valence-corrected chi connectivity index (χ1v) is 5.99. The van der Waals surface area contributed by atoms with Gasteiger partial charge in [0.25, 0.3) is 5.56 Å². The lowest BCUT2D eigenvalue weighted by Gasteiger charge is -2.06. The Bertz CT molecular complexity index is 426. The minimum atomic E-state index is -0.171. The third-order valence-corrected chi connectivity index (χ3v) is 2.33. The number of carbonyl (C=O) groups excluding carboxylic acids is 1. The summed E-state index contributed by atoms with van der Waals surface area (Å²) in [5.74, 6) is -0.154. The van der Waals surface area contributed by atoms with Crippen molar-refractivity contribution in [3.05, 3.63) is 28.4 Å². The predicted octanol–water partition coefficient (Wildman–Crippen LogP) is 0.722. The monoisotopic (exact) mass is 237 g/mol. The lowest BCUT2D eigenvalue weighted by atomic mass is 10.2. The first-order valence-electron chi connectivity index (χ1n) is 5.99. The summed E-state index contributed by atoms with van der Waals surface area (Å²) in [6, 6.07) is 1.50. The number of carbonyl (C=O) groups is 1. The van der Waals surface area contributed by atoms with Crippen molar-refractivity contribution in [2.75, 3.05) is 6.54 Å². The molecule has 0 saturated carbocycles. The molecular formula is C12H19N3O2.